The minimum absolute atomic E-state index is 0.00443. The smallest absolute Gasteiger partial charge is 0.245 e. The monoisotopic (exact) mass is 266 g/mol. The minimum Gasteiger partial charge on any atom is -0.394 e. The van der Waals surface area contributed by atoms with Gasteiger partial charge in [0.25, 0.3) is 0 Å². The lowest BCUT2D eigenvalue weighted by Gasteiger charge is -2.39. The van der Waals surface area contributed by atoms with Crippen molar-refractivity contribution in [2.45, 2.75) is 51.1 Å². The summed E-state index contributed by atoms with van der Waals surface area (Å²) in [6, 6.07) is -0.412. The van der Waals surface area contributed by atoms with Gasteiger partial charge in [-0.25, -0.2) is 9.67 Å². The maximum absolute atomic E-state index is 12.2. The van der Waals surface area contributed by atoms with Crippen LogP contribution in [0.3, 0.4) is 0 Å². The lowest BCUT2D eigenvalue weighted by molar-refractivity contribution is -0.127. The van der Waals surface area contributed by atoms with Crippen LogP contribution in [0.4, 0.5) is 0 Å². The van der Waals surface area contributed by atoms with E-state index >= 15 is 0 Å². The number of hydrogen-bond donors (Lipinski definition) is 2. The fourth-order valence-corrected chi connectivity index (χ4v) is 2.54. The van der Waals surface area contributed by atoms with E-state index in [2.05, 4.69) is 22.3 Å². The summed E-state index contributed by atoms with van der Waals surface area (Å²) in [4.78, 5) is 16.1. The van der Waals surface area contributed by atoms with Crippen LogP contribution in [-0.2, 0) is 4.79 Å². The first kappa shape index (κ1) is 14.0. The average molecular weight is 266 g/mol. The molecule has 1 atom stereocenters. The molecule has 19 heavy (non-hydrogen) atoms. The van der Waals surface area contributed by atoms with Gasteiger partial charge < -0.3 is 10.4 Å². The van der Waals surface area contributed by atoms with Crippen molar-refractivity contribution in [1.29, 1.82) is 0 Å². The van der Waals surface area contributed by atoms with Gasteiger partial charge in [0.15, 0.2) is 0 Å². The predicted octanol–water partition coefficient (Wildman–Crippen LogP) is 0.896. The van der Waals surface area contributed by atoms with Crippen molar-refractivity contribution in [2.75, 3.05) is 6.61 Å². The molecule has 1 aromatic rings. The number of carbonyl (C=O) groups is 1. The van der Waals surface area contributed by atoms with Gasteiger partial charge in [-0.2, -0.15) is 5.10 Å². The summed E-state index contributed by atoms with van der Waals surface area (Å²) in [5, 5.41) is 16.6. The molecule has 0 spiro atoms. The van der Waals surface area contributed by atoms with Gasteiger partial charge in [-0.3, -0.25) is 4.79 Å². The normalized spacial score (nSPS) is 28.9. The van der Waals surface area contributed by atoms with E-state index in [1.54, 1.807) is 6.92 Å². The lowest BCUT2D eigenvalue weighted by Crippen LogP contribution is -2.54. The molecule has 1 aliphatic rings. The fourth-order valence-electron chi connectivity index (χ4n) is 2.54. The van der Waals surface area contributed by atoms with E-state index in [4.69, 9.17) is 0 Å². The van der Waals surface area contributed by atoms with Gasteiger partial charge in [0, 0.05) is 0 Å². The Morgan fingerprint density at radius 2 is 2.26 bits per heavy atom. The molecule has 0 bridgehead atoms. The van der Waals surface area contributed by atoms with Crippen molar-refractivity contribution in [3.63, 3.8) is 0 Å². The van der Waals surface area contributed by atoms with Crippen molar-refractivity contribution >= 4 is 5.91 Å². The molecule has 1 heterocycles. The van der Waals surface area contributed by atoms with E-state index in [1.807, 2.05) is 0 Å². The van der Waals surface area contributed by atoms with Crippen molar-refractivity contribution in [3.05, 3.63) is 12.7 Å². The zero-order valence-electron chi connectivity index (χ0n) is 11.5. The summed E-state index contributed by atoms with van der Waals surface area (Å²) in [6.45, 7) is 3.98. The number of rotatable bonds is 4. The SMILES string of the molecule is CC1CCC(CO)(NC(=O)C(C)n2cncn2)CC1. The number of carbonyl (C=O) groups excluding carboxylic acids is 1. The largest absolute Gasteiger partial charge is 0.394 e. The predicted molar refractivity (Wildman–Crippen MR) is 70.3 cm³/mol. The summed E-state index contributed by atoms with van der Waals surface area (Å²) in [5.41, 5.74) is -0.460. The molecule has 1 unspecified atom stereocenters. The maximum atomic E-state index is 12.2. The molecule has 106 valence electrons. The third-order valence-electron chi connectivity index (χ3n) is 4.14. The van der Waals surface area contributed by atoms with Crippen LogP contribution in [0.5, 0.6) is 0 Å². The zero-order chi connectivity index (χ0) is 13.9. The molecule has 1 saturated carbocycles. The Morgan fingerprint density at radius 3 is 2.79 bits per heavy atom. The van der Waals surface area contributed by atoms with Crippen molar-refractivity contribution in [1.82, 2.24) is 20.1 Å². The van der Waals surface area contributed by atoms with Crippen LogP contribution >= 0.6 is 0 Å². The Morgan fingerprint density at radius 1 is 1.58 bits per heavy atom. The maximum Gasteiger partial charge on any atom is 0.245 e. The Balaban J connectivity index is 2.00. The van der Waals surface area contributed by atoms with Crippen LogP contribution < -0.4 is 5.32 Å². The molecular weight excluding hydrogens is 244 g/mol. The number of nitrogens with one attached hydrogen (secondary N) is 1. The van der Waals surface area contributed by atoms with E-state index in [9.17, 15) is 9.90 Å². The standard InChI is InChI=1S/C13H22N4O2/c1-10-3-5-13(7-18,6-4-10)16-12(19)11(2)17-9-14-8-15-17/h8-11,18H,3-7H2,1-2H3,(H,16,19). The third kappa shape index (κ3) is 3.12. The van der Waals surface area contributed by atoms with Crippen molar-refractivity contribution < 1.29 is 9.90 Å². The van der Waals surface area contributed by atoms with Crippen molar-refractivity contribution in [2.24, 2.45) is 5.92 Å². The molecule has 6 nitrogen and oxygen atoms in total. The summed E-state index contributed by atoms with van der Waals surface area (Å²) < 4.78 is 1.52. The number of nitrogens with zero attached hydrogens (tertiary/aromatic N) is 3. The molecule has 0 radical (unpaired) electrons. The van der Waals surface area contributed by atoms with Gasteiger partial charge in [-0.1, -0.05) is 6.92 Å². The van der Waals surface area contributed by atoms with E-state index in [1.165, 1.54) is 17.3 Å². The average Bonchev–Trinajstić information content (AvgIpc) is 2.95. The highest BCUT2D eigenvalue weighted by molar-refractivity contribution is 5.80. The molecule has 1 aromatic heterocycles. The van der Waals surface area contributed by atoms with Gasteiger partial charge in [0.05, 0.1) is 12.1 Å². The Hall–Kier alpha value is -1.43. The van der Waals surface area contributed by atoms with Gasteiger partial charge in [0.1, 0.15) is 18.7 Å². The number of amides is 1. The molecule has 2 rings (SSSR count). The highest BCUT2D eigenvalue weighted by Crippen LogP contribution is 2.31. The van der Waals surface area contributed by atoms with Crippen LogP contribution in [0, 0.1) is 5.92 Å². The number of aliphatic hydroxyl groups excluding tert-OH is 1. The summed E-state index contributed by atoms with van der Waals surface area (Å²) >= 11 is 0. The molecule has 6 heteroatoms. The summed E-state index contributed by atoms with van der Waals surface area (Å²) in [5.74, 6) is 0.554. The molecule has 1 aliphatic carbocycles. The highest BCUT2D eigenvalue weighted by atomic mass is 16.3. The van der Waals surface area contributed by atoms with Crippen LogP contribution in [0.25, 0.3) is 0 Å². The quantitative estimate of drug-likeness (QED) is 0.848. The molecule has 0 aliphatic heterocycles. The van der Waals surface area contributed by atoms with Crippen LogP contribution in [0.1, 0.15) is 45.6 Å². The topological polar surface area (TPSA) is 80.0 Å². The van der Waals surface area contributed by atoms with Crippen molar-refractivity contribution in [3.8, 4) is 0 Å². The number of aliphatic hydroxyl groups is 1. The molecule has 0 aromatic carbocycles. The van der Waals surface area contributed by atoms with Gasteiger partial charge in [-0.05, 0) is 38.5 Å². The van der Waals surface area contributed by atoms with E-state index in [0.29, 0.717) is 5.92 Å². The highest BCUT2D eigenvalue weighted by Gasteiger charge is 2.36. The van der Waals surface area contributed by atoms with Crippen LogP contribution in [-0.4, -0.2) is 37.9 Å². The second-order valence-corrected chi connectivity index (χ2v) is 5.66. The Labute approximate surface area is 113 Å². The number of hydrogen-bond acceptors (Lipinski definition) is 4. The van der Waals surface area contributed by atoms with Gasteiger partial charge in [0.2, 0.25) is 5.91 Å². The van der Waals surface area contributed by atoms with E-state index < -0.39 is 11.6 Å². The molecular formula is C13H22N4O2. The zero-order valence-corrected chi connectivity index (χ0v) is 11.5. The molecule has 2 N–H and O–H groups in total. The Kier molecular flexibility index (Phi) is 4.19. The van der Waals surface area contributed by atoms with Gasteiger partial charge in [-0.15, -0.1) is 0 Å². The Bertz CT molecular complexity index is 410. The summed E-state index contributed by atoms with van der Waals surface area (Å²) in [6.07, 6.45) is 6.69. The van der Waals surface area contributed by atoms with Crippen LogP contribution in [0.2, 0.25) is 0 Å². The second-order valence-electron chi connectivity index (χ2n) is 5.66. The minimum atomic E-state index is -0.460. The summed E-state index contributed by atoms with van der Waals surface area (Å²) in [7, 11) is 0. The first-order valence-electron chi connectivity index (χ1n) is 6.83. The third-order valence-corrected chi connectivity index (χ3v) is 4.14. The molecule has 1 amide bonds. The first-order valence-corrected chi connectivity index (χ1v) is 6.83. The van der Waals surface area contributed by atoms with Gasteiger partial charge >= 0.3 is 0 Å². The van der Waals surface area contributed by atoms with E-state index in [0.717, 1.165) is 25.7 Å². The molecule has 0 saturated heterocycles. The second kappa shape index (κ2) is 5.69. The van der Waals surface area contributed by atoms with E-state index in [-0.39, 0.29) is 12.5 Å². The fraction of sp³-hybridized carbons (Fsp3) is 0.769. The number of aromatic nitrogens is 3. The van der Waals surface area contributed by atoms with Crippen LogP contribution in [0.15, 0.2) is 12.7 Å². The first-order chi connectivity index (χ1) is 9.06. The molecule has 1 fully saturated rings. The lowest BCUT2D eigenvalue weighted by atomic mass is 9.77.